The van der Waals surface area contributed by atoms with E-state index in [1.807, 2.05) is 48.5 Å². The second kappa shape index (κ2) is 6.98. The quantitative estimate of drug-likeness (QED) is 0.731. The third-order valence-electron chi connectivity index (χ3n) is 2.53. The number of hydrogen-bond acceptors (Lipinski definition) is 2. The molecule has 0 aromatic heterocycles. The largest absolute Gasteiger partial charge is 0.323 e. The van der Waals surface area contributed by atoms with Gasteiger partial charge in [0.05, 0.1) is 12.2 Å². The fraction of sp³-hybridized carbons (Fsp3) is 0.0625. The molecule has 0 radical (unpaired) electrons. The molecule has 0 bridgehead atoms. The third-order valence-corrected chi connectivity index (χ3v) is 2.53. The second-order valence-electron chi connectivity index (χ2n) is 4.00. The summed E-state index contributed by atoms with van der Waals surface area (Å²) < 4.78 is 0. The summed E-state index contributed by atoms with van der Waals surface area (Å²) in [6.07, 6.45) is 0. The van der Waals surface area contributed by atoms with Gasteiger partial charge in [0, 0.05) is 11.3 Å². The van der Waals surface area contributed by atoms with E-state index in [0.29, 0.717) is 5.69 Å². The van der Waals surface area contributed by atoms with E-state index in [1.165, 1.54) is 0 Å². The van der Waals surface area contributed by atoms with E-state index in [4.69, 9.17) is 5.73 Å². The number of benzene rings is 2. The lowest BCUT2D eigenvalue weighted by Crippen LogP contribution is -2.19. The maximum atomic E-state index is 11.9. The molecule has 0 heterocycles. The molecule has 2 rings (SSSR count). The number of para-hydroxylation sites is 2. The Hall–Kier alpha value is -2.77. The summed E-state index contributed by atoms with van der Waals surface area (Å²) in [5, 5.41) is 5.53. The number of urea groups is 1. The SMILES string of the molecule is NCC#Cc1ccccc1NC(=O)Nc1ccccc1. The Balaban J connectivity index is 2.08. The van der Waals surface area contributed by atoms with E-state index in [2.05, 4.69) is 22.5 Å². The van der Waals surface area contributed by atoms with Crippen molar-refractivity contribution in [2.24, 2.45) is 5.73 Å². The minimum atomic E-state index is -0.307. The highest BCUT2D eigenvalue weighted by Crippen LogP contribution is 2.14. The highest BCUT2D eigenvalue weighted by atomic mass is 16.2. The monoisotopic (exact) mass is 265 g/mol. The topological polar surface area (TPSA) is 67.1 Å². The van der Waals surface area contributed by atoms with Crippen LogP contribution in [0.4, 0.5) is 16.2 Å². The van der Waals surface area contributed by atoms with Crippen molar-refractivity contribution in [2.75, 3.05) is 17.2 Å². The molecule has 4 nitrogen and oxygen atoms in total. The molecule has 2 aromatic rings. The van der Waals surface area contributed by atoms with E-state index < -0.39 is 0 Å². The second-order valence-corrected chi connectivity index (χ2v) is 4.00. The Morgan fingerprint density at radius 2 is 1.70 bits per heavy atom. The van der Waals surface area contributed by atoms with Gasteiger partial charge in [-0.15, -0.1) is 0 Å². The summed E-state index contributed by atoms with van der Waals surface area (Å²) >= 11 is 0. The highest BCUT2D eigenvalue weighted by Gasteiger charge is 2.04. The zero-order chi connectivity index (χ0) is 14.2. The lowest BCUT2D eigenvalue weighted by atomic mass is 10.2. The van der Waals surface area contributed by atoms with Crippen molar-refractivity contribution in [1.29, 1.82) is 0 Å². The molecular weight excluding hydrogens is 250 g/mol. The average Bonchev–Trinajstić information content (AvgIpc) is 2.47. The van der Waals surface area contributed by atoms with E-state index in [0.717, 1.165) is 11.3 Å². The Morgan fingerprint density at radius 1 is 1.00 bits per heavy atom. The molecule has 0 aliphatic heterocycles. The Bertz CT molecular complexity index is 642. The van der Waals surface area contributed by atoms with Gasteiger partial charge in [-0.2, -0.15) is 0 Å². The summed E-state index contributed by atoms with van der Waals surface area (Å²) in [5.41, 5.74) is 7.48. The summed E-state index contributed by atoms with van der Waals surface area (Å²) in [5.74, 6) is 5.70. The van der Waals surface area contributed by atoms with Crippen molar-refractivity contribution in [2.45, 2.75) is 0 Å². The lowest BCUT2D eigenvalue weighted by molar-refractivity contribution is 0.262. The zero-order valence-corrected chi connectivity index (χ0v) is 10.9. The molecule has 20 heavy (non-hydrogen) atoms. The predicted octanol–water partition coefficient (Wildman–Crippen LogP) is 2.64. The first-order valence-electron chi connectivity index (χ1n) is 6.20. The lowest BCUT2D eigenvalue weighted by Gasteiger charge is -2.09. The van der Waals surface area contributed by atoms with Crippen molar-refractivity contribution in [3.63, 3.8) is 0 Å². The first kappa shape index (κ1) is 13.7. The van der Waals surface area contributed by atoms with Gasteiger partial charge in [-0.05, 0) is 24.3 Å². The molecule has 0 aliphatic rings. The number of nitrogens with one attached hydrogen (secondary N) is 2. The number of carbonyl (C=O) groups excluding carboxylic acids is 1. The van der Waals surface area contributed by atoms with Gasteiger partial charge in [0.1, 0.15) is 0 Å². The van der Waals surface area contributed by atoms with E-state index in [1.54, 1.807) is 6.07 Å². The molecule has 0 spiro atoms. The highest BCUT2D eigenvalue weighted by molar-refractivity contribution is 6.00. The Labute approximate surface area is 118 Å². The predicted molar refractivity (Wildman–Crippen MR) is 81.5 cm³/mol. The number of amides is 2. The van der Waals surface area contributed by atoms with Crippen molar-refractivity contribution in [3.8, 4) is 11.8 Å². The number of rotatable bonds is 2. The van der Waals surface area contributed by atoms with Gasteiger partial charge in [0.2, 0.25) is 0 Å². The number of carbonyl (C=O) groups is 1. The Morgan fingerprint density at radius 3 is 2.45 bits per heavy atom. The molecule has 4 N–H and O–H groups in total. The minimum Gasteiger partial charge on any atom is -0.320 e. The molecule has 0 unspecified atom stereocenters. The van der Waals surface area contributed by atoms with Gasteiger partial charge in [-0.3, -0.25) is 0 Å². The normalized spacial score (nSPS) is 9.25. The third kappa shape index (κ3) is 3.87. The molecule has 100 valence electrons. The van der Waals surface area contributed by atoms with Crippen LogP contribution in [0.5, 0.6) is 0 Å². The van der Waals surface area contributed by atoms with Crippen molar-refractivity contribution >= 4 is 17.4 Å². The molecule has 0 saturated carbocycles. The molecule has 0 saturated heterocycles. The fourth-order valence-electron chi connectivity index (χ4n) is 1.65. The van der Waals surface area contributed by atoms with Gasteiger partial charge in [-0.1, -0.05) is 42.2 Å². The van der Waals surface area contributed by atoms with Crippen LogP contribution in [0.1, 0.15) is 5.56 Å². The van der Waals surface area contributed by atoms with Crippen molar-refractivity contribution in [1.82, 2.24) is 0 Å². The number of anilines is 2. The Kier molecular flexibility index (Phi) is 4.76. The van der Waals surface area contributed by atoms with Gasteiger partial charge >= 0.3 is 6.03 Å². The standard InChI is InChI=1S/C16H15N3O/c17-12-6-8-13-7-4-5-11-15(13)19-16(20)18-14-9-2-1-3-10-14/h1-5,7,9-11H,12,17H2,(H2,18,19,20). The molecule has 0 fully saturated rings. The van der Waals surface area contributed by atoms with E-state index in [9.17, 15) is 4.79 Å². The molecule has 2 aromatic carbocycles. The van der Waals surface area contributed by atoms with Crippen LogP contribution >= 0.6 is 0 Å². The van der Waals surface area contributed by atoms with E-state index in [-0.39, 0.29) is 12.6 Å². The molecule has 0 aliphatic carbocycles. The van der Waals surface area contributed by atoms with Crippen LogP contribution in [0.25, 0.3) is 0 Å². The number of hydrogen-bond donors (Lipinski definition) is 3. The van der Waals surface area contributed by atoms with Crippen LogP contribution in [0.15, 0.2) is 54.6 Å². The van der Waals surface area contributed by atoms with Gasteiger partial charge in [-0.25, -0.2) is 4.79 Å². The van der Waals surface area contributed by atoms with Crippen LogP contribution in [-0.4, -0.2) is 12.6 Å². The average molecular weight is 265 g/mol. The van der Waals surface area contributed by atoms with Crippen LogP contribution in [0.2, 0.25) is 0 Å². The van der Waals surface area contributed by atoms with Crippen LogP contribution < -0.4 is 16.4 Å². The fourth-order valence-corrected chi connectivity index (χ4v) is 1.65. The van der Waals surface area contributed by atoms with Gasteiger partial charge in [0.25, 0.3) is 0 Å². The number of nitrogens with two attached hydrogens (primary N) is 1. The smallest absolute Gasteiger partial charge is 0.320 e. The molecule has 4 heteroatoms. The molecule has 2 amide bonds. The molecular formula is C16H15N3O. The molecule has 0 atom stereocenters. The van der Waals surface area contributed by atoms with Crippen molar-refractivity contribution < 1.29 is 4.79 Å². The van der Waals surface area contributed by atoms with Crippen LogP contribution in [0, 0.1) is 11.8 Å². The first-order valence-corrected chi connectivity index (χ1v) is 6.20. The van der Waals surface area contributed by atoms with Crippen LogP contribution in [-0.2, 0) is 0 Å². The maximum Gasteiger partial charge on any atom is 0.323 e. The minimum absolute atomic E-state index is 0.282. The first-order chi connectivity index (χ1) is 9.79. The summed E-state index contributed by atoms with van der Waals surface area (Å²) in [6, 6.07) is 16.3. The van der Waals surface area contributed by atoms with Crippen molar-refractivity contribution in [3.05, 3.63) is 60.2 Å². The summed E-state index contributed by atoms with van der Waals surface area (Å²) in [6.45, 7) is 0.282. The van der Waals surface area contributed by atoms with Crippen LogP contribution in [0.3, 0.4) is 0 Å². The van der Waals surface area contributed by atoms with Gasteiger partial charge < -0.3 is 16.4 Å². The van der Waals surface area contributed by atoms with Gasteiger partial charge in [0.15, 0.2) is 0 Å². The maximum absolute atomic E-state index is 11.9. The zero-order valence-electron chi connectivity index (χ0n) is 10.9. The summed E-state index contributed by atoms with van der Waals surface area (Å²) in [7, 11) is 0. The van der Waals surface area contributed by atoms with E-state index >= 15 is 0 Å². The summed E-state index contributed by atoms with van der Waals surface area (Å²) in [4.78, 5) is 11.9.